The molecular weight excluding hydrogens is 444 g/mol. The fourth-order valence-electron chi connectivity index (χ4n) is 5.76. The quantitative estimate of drug-likeness (QED) is 0.638. The first-order chi connectivity index (χ1) is 16.5. The first-order valence-electron chi connectivity index (χ1n) is 11.2. The van der Waals surface area contributed by atoms with Crippen molar-refractivity contribution in [2.24, 2.45) is 0 Å². The Balaban J connectivity index is 1.31. The number of nitrogens with one attached hydrogen (secondary N) is 1. The van der Waals surface area contributed by atoms with Crippen LogP contribution in [0.3, 0.4) is 0 Å². The molecule has 1 saturated heterocycles. The van der Waals surface area contributed by atoms with Crippen LogP contribution < -0.4 is 5.56 Å². The van der Waals surface area contributed by atoms with Gasteiger partial charge in [-0.15, -0.1) is 0 Å². The van der Waals surface area contributed by atoms with E-state index in [9.17, 15) is 18.4 Å². The summed E-state index contributed by atoms with van der Waals surface area (Å²) in [6, 6.07) is 5.49. The molecule has 3 atom stereocenters. The van der Waals surface area contributed by atoms with Gasteiger partial charge in [-0.25, -0.2) is 13.8 Å². The lowest BCUT2D eigenvalue weighted by molar-refractivity contribution is -0.0602. The highest BCUT2D eigenvalue weighted by atomic mass is 19.1. The van der Waals surface area contributed by atoms with Gasteiger partial charge in [-0.05, 0) is 48.9 Å². The largest absolute Gasteiger partial charge is 0.374 e. The molecule has 2 aromatic heterocycles. The third-order valence-corrected chi connectivity index (χ3v) is 7.36. The molecule has 1 amide bonds. The van der Waals surface area contributed by atoms with Crippen LogP contribution in [0.4, 0.5) is 8.78 Å². The fourth-order valence-corrected chi connectivity index (χ4v) is 5.76. The number of morpholine rings is 1. The normalized spacial score (nSPS) is 25.4. The minimum atomic E-state index is -0.673. The van der Waals surface area contributed by atoms with Crippen molar-refractivity contribution in [3.05, 3.63) is 75.6 Å². The molecule has 0 unspecified atom stereocenters. The lowest BCUT2D eigenvalue weighted by atomic mass is 9.77. The first kappa shape index (κ1) is 21.0. The van der Waals surface area contributed by atoms with Crippen molar-refractivity contribution in [1.82, 2.24) is 25.1 Å². The minimum Gasteiger partial charge on any atom is -0.374 e. The van der Waals surface area contributed by atoms with Crippen molar-refractivity contribution in [1.29, 1.82) is 0 Å². The Morgan fingerprint density at radius 1 is 1.24 bits per heavy atom. The zero-order valence-corrected chi connectivity index (χ0v) is 18.1. The van der Waals surface area contributed by atoms with Crippen molar-refractivity contribution >= 4 is 5.91 Å². The third kappa shape index (κ3) is 3.16. The highest BCUT2D eigenvalue weighted by molar-refractivity contribution is 5.92. The minimum absolute atomic E-state index is 0.171. The SMILES string of the molecule is O=C(c1c[nH]c(=O)cn1)N1CCO[C@H]([C@]23CC[C@H](C2)c2cc(-c4c(F)cccc4F)nnc23)C1. The molecule has 0 radical (unpaired) electrons. The highest BCUT2D eigenvalue weighted by Gasteiger charge is 2.56. The molecule has 1 aliphatic heterocycles. The van der Waals surface area contributed by atoms with Crippen molar-refractivity contribution in [3.8, 4) is 11.3 Å². The van der Waals surface area contributed by atoms with Gasteiger partial charge in [0.25, 0.3) is 11.5 Å². The van der Waals surface area contributed by atoms with Crippen LogP contribution in [0, 0.1) is 11.6 Å². The maximum atomic E-state index is 14.3. The molecule has 1 N–H and O–H groups in total. The summed E-state index contributed by atoms with van der Waals surface area (Å²) >= 11 is 0. The zero-order chi connectivity index (χ0) is 23.4. The molecule has 0 spiro atoms. The van der Waals surface area contributed by atoms with Crippen molar-refractivity contribution < 1.29 is 18.3 Å². The molecule has 2 aliphatic carbocycles. The summed E-state index contributed by atoms with van der Waals surface area (Å²) in [7, 11) is 0. The molecule has 174 valence electrons. The molecule has 2 fully saturated rings. The van der Waals surface area contributed by atoms with E-state index < -0.39 is 17.0 Å². The molecule has 1 saturated carbocycles. The van der Waals surface area contributed by atoms with Crippen LogP contribution in [0.15, 0.2) is 41.5 Å². The summed E-state index contributed by atoms with van der Waals surface area (Å²) in [4.78, 5) is 32.4. The Bertz CT molecular complexity index is 1320. The van der Waals surface area contributed by atoms with E-state index in [0.717, 1.165) is 36.7 Å². The van der Waals surface area contributed by atoms with Gasteiger partial charge in [0.05, 0.1) is 35.9 Å². The van der Waals surface area contributed by atoms with Crippen LogP contribution in [0.1, 0.15) is 46.9 Å². The average molecular weight is 465 g/mol. The number of carbonyl (C=O) groups is 1. The summed E-state index contributed by atoms with van der Waals surface area (Å²) in [6.45, 7) is 1.14. The second kappa shape index (κ2) is 7.76. The van der Waals surface area contributed by atoms with Crippen LogP contribution in [-0.2, 0) is 10.2 Å². The Morgan fingerprint density at radius 2 is 2.06 bits per heavy atom. The number of H-pyrrole nitrogens is 1. The van der Waals surface area contributed by atoms with E-state index in [1.165, 1.54) is 24.4 Å². The molecule has 2 bridgehead atoms. The molecule has 34 heavy (non-hydrogen) atoms. The molecule has 1 aromatic carbocycles. The Morgan fingerprint density at radius 3 is 2.82 bits per heavy atom. The number of fused-ring (bicyclic) bond motifs is 5. The number of aromatic nitrogens is 4. The second-order valence-electron chi connectivity index (χ2n) is 9.13. The van der Waals surface area contributed by atoms with Crippen LogP contribution in [0.25, 0.3) is 11.3 Å². The first-order valence-corrected chi connectivity index (χ1v) is 11.2. The van der Waals surface area contributed by atoms with Gasteiger partial charge in [0.15, 0.2) is 0 Å². The van der Waals surface area contributed by atoms with E-state index in [1.807, 2.05) is 0 Å². The van der Waals surface area contributed by atoms with E-state index >= 15 is 0 Å². The average Bonchev–Trinajstić information content (AvgIpc) is 3.43. The molecular formula is C24H21F2N5O3. The zero-order valence-electron chi connectivity index (χ0n) is 18.1. The molecule has 3 heterocycles. The lowest BCUT2D eigenvalue weighted by Crippen LogP contribution is -2.53. The van der Waals surface area contributed by atoms with Gasteiger partial charge >= 0.3 is 0 Å². The second-order valence-corrected chi connectivity index (χ2v) is 9.13. The van der Waals surface area contributed by atoms with E-state index in [2.05, 4.69) is 20.2 Å². The number of rotatable bonds is 3. The van der Waals surface area contributed by atoms with Gasteiger partial charge in [-0.1, -0.05) is 6.07 Å². The number of halogens is 2. The summed E-state index contributed by atoms with van der Waals surface area (Å²) in [5.41, 5.74) is 1.15. The summed E-state index contributed by atoms with van der Waals surface area (Å²) in [5.74, 6) is -1.42. The van der Waals surface area contributed by atoms with E-state index in [4.69, 9.17) is 4.74 Å². The van der Waals surface area contributed by atoms with Crippen molar-refractivity contribution in [2.75, 3.05) is 19.7 Å². The predicted octanol–water partition coefficient (Wildman–Crippen LogP) is 2.57. The number of carbonyl (C=O) groups excluding carboxylic acids is 1. The monoisotopic (exact) mass is 465 g/mol. The van der Waals surface area contributed by atoms with Crippen molar-refractivity contribution in [2.45, 2.75) is 36.7 Å². The van der Waals surface area contributed by atoms with Crippen molar-refractivity contribution in [3.63, 3.8) is 0 Å². The summed E-state index contributed by atoms with van der Waals surface area (Å²) < 4.78 is 34.8. The Labute approximate surface area is 193 Å². The molecule has 10 heteroatoms. The number of hydrogen-bond acceptors (Lipinski definition) is 6. The molecule has 8 nitrogen and oxygen atoms in total. The number of nitrogens with zero attached hydrogens (tertiary/aromatic N) is 4. The summed E-state index contributed by atoms with van der Waals surface area (Å²) in [5, 5.41) is 8.67. The highest BCUT2D eigenvalue weighted by Crippen LogP contribution is 2.59. The number of aromatic amines is 1. The molecule has 3 aromatic rings. The topological polar surface area (TPSA) is 101 Å². The molecule has 6 rings (SSSR count). The standard InChI is InChI=1S/C24H21F2N5O3/c25-15-2-1-3-16(26)21(15)17-8-14-13-4-5-24(9-13,22(14)30-29-17)19-12-31(6-7-34-19)23(33)18-10-28-20(32)11-27-18/h1-3,8,10-11,13,19H,4-7,9,12H2,(H,28,32)/t13-,19+,24+/m1/s1. The third-order valence-electron chi connectivity index (χ3n) is 7.36. The van der Waals surface area contributed by atoms with E-state index in [1.54, 1.807) is 11.0 Å². The van der Waals surface area contributed by atoms with E-state index in [0.29, 0.717) is 19.7 Å². The predicted molar refractivity (Wildman–Crippen MR) is 116 cm³/mol. The van der Waals surface area contributed by atoms with Crippen LogP contribution >= 0.6 is 0 Å². The Kier molecular flexibility index (Phi) is 4.80. The van der Waals surface area contributed by atoms with E-state index in [-0.39, 0.29) is 40.4 Å². The molecule has 3 aliphatic rings. The van der Waals surface area contributed by atoms with Gasteiger partial charge < -0.3 is 14.6 Å². The number of amides is 1. The van der Waals surface area contributed by atoms with Crippen LogP contribution in [-0.4, -0.2) is 56.8 Å². The van der Waals surface area contributed by atoms with Gasteiger partial charge in [0.1, 0.15) is 17.3 Å². The number of hydrogen-bond donors (Lipinski definition) is 1. The smallest absolute Gasteiger partial charge is 0.274 e. The maximum Gasteiger partial charge on any atom is 0.274 e. The van der Waals surface area contributed by atoms with Gasteiger partial charge in [0.2, 0.25) is 0 Å². The number of ether oxygens (including phenoxy) is 1. The van der Waals surface area contributed by atoms with Crippen LogP contribution in [0.5, 0.6) is 0 Å². The maximum absolute atomic E-state index is 14.3. The summed E-state index contributed by atoms with van der Waals surface area (Å²) in [6.07, 6.45) is 4.67. The van der Waals surface area contributed by atoms with Crippen LogP contribution in [0.2, 0.25) is 0 Å². The van der Waals surface area contributed by atoms with Gasteiger partial charge in [0, 0.05) is 24.7 Å². The Hall–Kier alpha value is -3.53. The lowest BCUT2D eigenvalue weighted by Gasteiger charge is -2.42. The van der Waals surface area contributed by atoms with Gasteiger partial charge in [-0.3, -0.25) is 9.59 Å². The number of benzene rings is 1. The fraction of sp³-hybridized carbons (Fsp3) is 0.375. The van der Waals surface area contributed by atoms with Gasteiger partial charge in [-0.2, -0.15) is 10.2 Å².